The molecule has 0 radical (unpaired) electrons. The molecule has 6 nitrogen and oxygen atoms in total. The Morgan fingerprint density at radius 1 is 1.57 bits per heavy atom. The Morgan fingerprint density at radius 2 is 2.30 bits per heavy atom. The fraction of sp³-hybridized carbons (Fsp3) is 0.533. The van der Waals surface area contributed by atoms with Gasteiger partial charge in [-0.05, 0) is 19.4 Å². The average molecular weight is 360 g/mol. The van der Waals surface area contributed by atoms with Crippen LogP contribution in [-0.4, -0.2) is 34.9 Å². The predicted molar refractivity (Wildman–Crippen MR) is 95.4 cm³/mol. The van der Waals surface area contributed by atoms with Gasteiger partial charge in [-0.15, -0.1) is 12.4 Å². The van der Waals surface area contributed by atoms with Crippen LogP contribution in [0.2, 0.25) is 0 Å². The van der Waals surface area contributed by atoms with Crippen LogP contribution >= 0.6 is 24.2 Å². The number of hydrogen-bond donors (Lipinski definition) is 2. The van der Waals surface area contributed by atoms with E-state index in [0.717, 1.165) is 23.6 Å². The van der Waals surface area contributed by atoms with E-state index >= 15 is 0 Å². The number of benzene rings is 1. The highest BCUT2D eigenvalue weighted by Gasteiger charge is 2.19. The van der Waals surface area contributed by atoms with Crippen molar-refractivity contribution in [1.29, 1.82) is 0 Å². The Hall–Kier alpha value is -1.31. The van der Waals surface area contributed by atoms with Crippen LogP contribution in [0.3, 0.4) is 0 Å². The molecule has 2 N–H and O–H groups in total. The number of rotatable bonds is 5. The van der Waals surface area contributed by atoms with Crippen LogP contribution < -0.4 is 10.6 Å². The summed E-state index contributed by atoms with van der Waals surface area (Å²) in [5, 5.41) is 17.2. The second-order valence-electron chi connectivity index (χ2n) is 5.52. The first-order chi connectivity index (χ1) is 10.5. The molecule has 0 spiro atoms. The molecule has 1 heterocycles. The van der Waals surface area contributed by atoms with Gasteiger partial charge in [0.15, 0.2) is 0 Å². The minimum absolute atomic E-state index is 0. The van der Waals surface area contributed by atoms with Gasteiger partial charge < -0.3 is 10.6 Å². The van der Waals surface area contributed by atoms with Crippen molar-refractivity contribution < 1.29 is 9.72 Å². The molecule has 128 valence electrons. The second-order valence-corrected chi connectivity index (χ2v) is 6.67. The molecule has 0 aliphatic carbocycles. The van der Waals surface area contributed by atoms with Crippen LogP contribution in [0.15, 0.2) is 18.2 Å². The van der Waals surface area contributed by atoms with Gasteiger partial charge in [0, 0.05) is 42.1 Å². The molecule has 2 unspecified atom stereocenters. The number of carbonyl (C=O) groups is 1. The lowest BCUT2D eigenvalue weighted by atomic mass is 10.0. The summed E-state index contributed by atoms with van der Waals surface area (Å²) in [5.74, 6) is 2.00. The monoisotopic (exact) mass is 359 g/mol. The van der Waals surface area contributed by atoms with Gasteiger partial charge in [-0.2, -0.15) is 11.8 Å². The molecule has 1 aromatic rings. The Bertz CT molecular complexity index is 565. The molecule has 1 amide bonds. The fourth-order valence-corrected chi connectivity index (χ4v) is 3.40. The summed E-state index contributed by atoms with van der Waals surface area (Å²) in [6.45, 7) is 4.48. The highest BCUT2D eigenvalue weighted by molar-refractivity contribution is 7.99. The van der Waals surface area contributed by atoms with Crippen LogP contribution in [0.5, 0.6) is 0 Å². The topological polar surface area (TPSA) is 84.3 Å². The third kappa shape index (κ3) is 5.67. The molecule has 1 saturated heterocycles. The molecule has 0 saturated carbocycles. The summed E-state index contributed by atoms with van der Waals surface area (Å²) >= 11 is 1.85. The lowest BCUT2D eigenvalue weighted by Crippen LogP contribution is -2.41. The number of aryl methyl sites for hydroxylation is 1. The van der Waals surface area contributed by atoms with Gasteiger partial charge >= 0.3 is 0 Å². The summed E-state index contributed by atoms with van der Waals surface area (Å²) in [4.78, 5) is 22.7. The normalized spacial score (nSPS) is 18.6. The lowest BCUT2D eigenvalue weighted by Gasteiger charge is -2.23. The van der Waals surface area contributed by atoms with Gasteiger partial charge in [0.1, 0.15) is 0 Å². The number of nitro benzene ring substituents is 1. The number of thioether (sulfide) groups is 1. The van der Waals surface area contributed by atoms with E-state index in [4.69, 9.17) is 0 Å². The van der Waals surface area contributed by atoms with E-state index in [1.54, 1.807) is 13.0 Å². The first kappa shape index (κ1) is 19.7. The summed E-state index contributed by atoms with van der Waals surface area (Å²) in [5.41, 5.74) is 1.45. The number of carbonyl (C=O) groups excluding carboxylic acids is 1. The van der Waals surface area contributed by atoms with Crippen molar-refractivity contribution in [2.75, 3.05) is 18.1 Å². The lowest BCUT2D eigenvalue weighted by molar-refractivity contribution is -0.385. The van der Waals surface area contributed by atoms with E-state index in [1.807, 2.05) is 24.8 Å². The Kier molecular flexibility index (Phi) is 7.81. The van der Waals surface area contributed by atoms with Gasteiger partial charge in [0.2, 0.25) is 5.91 Å². The Labute approximate surface area is 146 Å². The SMILES string of the molecule is Cc1ccc(C(C)NC(=O)CC2CSCCN2)cc1[N+](=O)[O-].Cl. The second kappa shape index (κ2) is 9.10. The number of nitrogens with zero attached hydrogens (tertiary/aromatic N) is 1. The first-order valence-electron chi connectivity index (χ1n) is 7.33. The highest BCUT2D eigenvalue weighted by atomic mass is 35.5. The van der Waals surface area contributed by atoms with E-state index in [2.05, 4.69) is 10.6 Å². The summed E-state index contributed by atoms with van der Waals surface area (Å²) in [6.07, 6.45) is 0.436. The van der Waals surface area contributed by atoms with Crippen molar-refractivity contribution in [2.24, 2.45) is 0 Å². The van der Waals surface area contributed by atoms with Crippen molar-refractivity contribution in [2.45, 2.75) is 32.4 Å². The molecule has 2 rings (SSSR count). The van der Waals surface area contributed by atoms with Gasteiger partial charge in [-0.25, -0.2) is 0 Å². The smallest absolute Gasteiger partial charge is 0.272 e. The van der Waals surface area contributed by atoms with Gasteiger partial charge in [-0.1, -0.05) is 12.1 Å². The van der Waals surface area contributed by atoms with Crippen molar-refractivity contribution >= 4 is 35.8 Å². The maximum absolute atomic E-state index is 12.1. The molecule has 0 bridgehead atoms. The molecule has 1 aliphatic heterocycles. The Balaban J connectivity index is 0.00000264. The van der Waals surface area contributed by atoms with Crippen LogP contribution in [0.25, 0.3) is 0 Å². The summed E-state index contributed by atoms with van der Waals surface area (Å²) in [7, 11) is 0. The predicted octanol–water partition coefficient (Wildman–Crippen LogP) is 2.60. The van der Waals surface area contributed by atoms with E-state index in [0.29, 0.717) is 12.0 Å². The first-order valence-corrected chi connectivity index (χ1v) is 8.48. The van der Waals surface area contributed by atoms with Crippen LogP contribution in [-0.2, 0) is 4.79 Å². The maximum Gasteiger partial charge on any atom is 0.272 e. The molecular formula is C15H22ClN3O3S. The molecule has 1 aromatic carbocycles. The maximum atomic E-state index is 12.1. The van der Waals surface area contributed by atoms with E-state index in [1.165, 1.54) is 6.07 Å². The van der Waals surface area contributed by atoms with E-state index < -0.39 is 4.92 Å². The third-order valence-corrected chi connectivity index (χ3v) is 4.87. The Morgan fingerprint density at radius 3 is 2.91 bits per heavy atom. The molecule has 2 atom stereocenters. The highest BCUT2D eigenvalue weighted by Crippen LogP contribution is 2.23. The number of amides is 1. The van der Waals surface area contributed by atoms with E-state index in [9.17, 15) is 14.9 Å². The van der Waals surface area contributed by atoms with Crippen LogP contribution in [0.1, 0.15) is 30.5 Å². The fourth-order valence-electron chi connectivity index (χ4n) is 2.45. The van der Waals surface area contributed by atoms with Crippen LogP contribution in [0.4, 0.5) is 5.69 Å². The summed E-state index contributed by atoms with van der Waals surface area (Å²) in [6, 6.07) is 5.04. The van der Waals surface area contributed by atoms with Gasteiger partial charge in [-0.3, -0.25) is 14.9 Å². The third-order valence-electron chi connectivity index (χ3n) is 3.74. The minimum atomic E-state index is -0.392. The molecule has 8 heteroatoms. The number of nitrogens with one attached hydrogen (secondary N) is 2. The van der Waals surface area contributed by atoms with Crippen molar-refractivity contribution in [1.82, 2.24) is 10.6 Å². The number of nitro groups is 1. The zero-order valence-corrected chi connectivity index (χ0v) is 14.8. The molecule has 23 heavy (non-hydrogen) atoms. The van der Waals surface area contributed by atoms with Crippen LogP contribution in [0, 0.1) is 17.0 Å². The summed E-state index contributed by atoms with van der Waals surface area (Å²) < 4.78 is 0. The van der Waals surface area contributed by atoms with E-state index in [-0.39, 0.29) is 36.1 Å². The molecule has 1 fully saturated rings. The quantitative estimate of drug-likeness (QED) is 0.623. The molecule has 1 aliphatic rings. The van der Waals surface area contributed by atoms with Gasteiger partial charge in [0.25, 0.3) is 5.69 Å². The number of halogens is 1. The van der Waals surface area contributed by atoms with Crippen molar-refractivity contribution in [3.05, 3.63) is 39.4 Å². The molecule has 0 aromatic heterocycles. The largest absolute Gasteiger partial charge is 0.350 e. The van der Waals surface area contributed by atoms with Crippen molar-refractivity contribution in [3.8, 4) is 0 Å². The standard InChI is InChI=1S/C15H21N3O3S.ClH/c1-10-3-4-12(7-14(10)18(20)21)11(2)17-15(19)8-13-9-22-6-5-16-13;/h3-4,7,11,13,16H,5-6,8-9H2,1-2H3,(H,17,19);1H. The van der Waals surface area contributed by atoms with Crippen molar-refractivity contribution in [3.63, 3.8) is 0 Å². The zero-order valence-electron chi connectivity index (χ0n) is 13.2. The van der Waals surface area contributed by atoms with Gasteiger partial charge in [0.05, 0.1) is 11.0 Å². The number of hydrogen-bond acceptors (Lipinski definition) is 5. The molecular weight excluding hydrogens is 338 g/mol. The average Bonchev–Trinajstić information content (AvgIpc) is 2.48. The zero-order chi connectivity index (χ0) is 16.1. The minimum Gasteiger partial charge on any atom is -0.350 e.